The van der Waals surface area contributed by atoms with Gasteiger partial charge in [-0.2, -0.15) is 0 Å². The monoisotopic (exact) mass is 321 g/mol. The van der Waals surface area contributed by atoms with Crippen molar-refractivity contribution in [1.29, 1.82) is 0 Å². The number of piperidine rings is 1. The van der Waals surface area contributed by atoms with Crippen molar-refractivity contribution in [3.05, 3.63) is 48.0 Å². The van der Waals surface area contributed by atoms with Crippen LogP contribution in [0.25, 0.3) is 10.8 Å². The molecule has 0 N–H and O–H groups in total. The predicted octanol–water partition coefficient (Wildman–Crippen LogP) is 4.67. The average molecular weight is 321 g/mol. The zero-order valence-electron chi connectivity index (χ0n) is 15.0. The molecule has 2 fully saturated rings. The Labute approximate surface area is 144 Å². The number of hydrogen-bond donors (Lipinski definition) is 0. The van der Waals surface area contributed by atoms with Crippen LogP contribution in [0.5, 0.6) is 0 Å². The molecule has 1 heterocycles. The molecule has 2 bridgehead atoms. The first-order valence-electron chi connectivity index (χ1n) is 9.15. The quantitative estimate of drug-likeness (QED) is 0.787. The second-order valence-corrected chi connectivity index (χ2v) is 8.61. The zero-order valence-corrected chi connectivity index (χ0v) is 15.0. The third-order valence-electron chi connectivity index (χ3n) is 7.18. The first kappa shape index (κ1) is 15.7. The Morgan fingerprint density at radius 2 is 1.88 bits per heavy atom. The van der Waals surface area contributed by atoms with Crippen molar-refractivity contribution >= 4 is 16.7 Å². The van der Waals surface area contributed by atoms with Gasteiger partial charge >= 0.3 is 0 Å². The highest BCUT2D eigenvalue weighted by Crippen LogP contribution is 2.58. The lowest BCUT2D eigenvalue weighted by molar-refractivity contribution is -0.138. The summed E-state index contributed by atoms with van der Waals surface area (Å²) in [6.45, 7) is 9.03. The summed E-state index contributed by atoms with van der Waals surface area (Å²) in [5.74, 6) is 0.938. The molecule has 0 aromatic heterocycles. The summed E-state index contributed by atoms with van der Waals surface area (Å²) in [6, 6.07) is 14.6. The Hall–Kier alpha value is -1.83. The van der Waals surface area contributed by atoms with E-state index in [0.717, 1.165) is 18.7 Å². The van der Waals surface area contributed by atoms with E-state index in [0.29, 0.717) is 23.7 Å². The lowest BCUT2D eigenvalue weighted by Crippen LogP contribution is -2.54. The number of nitrogens with zero attached hydrogens (tertiary/aromatic N) is 1. The second-order valence-electron chi connectivity index (χ2n) is 8.61. The van der Waals surface area contributed by atoms with E-state index < -0.39 is 0 Å². The second kappa shape index (κ2) is 5.34. The lowest BCUT2D eigenvalue weighted by atomic mass is 9.63. The highest BCUT2D eigenvalue weighted by atomic mass is 16.2. The molecule has 2 aliphatic rings. The number of likely N-dealkylation sites (tertiary alicyclic amines) is 1. The van der Waals surface area contributed by atoms with Gasteiger partial charge in [0, 0.05) is 13.1 Å². The third-order valence-corrected chi connectivity index (χ3v) is 7.18. The van der Waals surface area contributed by atoms with Crippen molar-refractivity contribution in [3.8, 4) is 0 Å². The zero-order chi connectivity index (χ0) is 16.9. The molecule has 4 rings (SSSR count). The van der Waals surface area contributed by atoms with Gasteiger partial charge in [0.2, 0.25) is 5.91 Å². The van der Waals surface area contributed by atoms with Crippen molar-refractivity contribution in [2.24, 2.45) is 16.7 Å². The SMILES string of the molecule is CC1(C)C2CC[C@@]1(C)CN(C(=O)Cc1cccc3ccccc13)C2. The molecule has 0 radical (unpaired) electrons. The standard InChI is InChI=1S/C22H27NO/c1-21(2)18-11-12-22(21,3)15-23(14-18)20(24)13-17-9-6-8-16-7-4-5-10-19(16)17/h4-10,18H,11-15H2,1-3H3/t18?,22-/m0/s1. The fourth-order valence-corrected chi connectivity index (χ4v) is 4.93. The number of carbonyl (C=O) groups excluding carboxylic acids is 1. The molecule has 126 valence electrons. The Morgan fingerprint density at radius 3 is 2.67 bits per heavy atom. The molecule has 1 aliphatic heterocycles. The Morgan fingerprint density at radius 1 is 1.12 bits per heavy atom. The first-order chi connectivity index (χ1) is 11.4. The molecule has 2 aromatic rings. The number of fused-ring (bicyclic) bond motifs is 3. The van der Waals surface area contributed by atoms with Gasteiger partial charge in [0.05, 0.1) is 6.42 Å². The molecular weight excluding hydrogens is 294 g/mol. The topological polar surface area (TPSA) is 20.3 Å². The summed E-state index contributed by atoms with van der Waals surface area (Å²) in [5.41, 5.74) is 1.77. The molecule has 1 amide bonds. The Bertz CT molecular complexity index is 788. The molecule has 1 saturated carbocycles. The van der Waals surface area contributed by atoms with Crippen LogP contribution in [0.2, 0.25) is 0 Å². The summed E-state index contributed by atoms with van der Waals surface area (Å²) in [5, 5.41) is 2.43. The first-order valence-corrected chi connectivity index (χ1v) is 9.15. The van der Waals surface area contributed by atoms with Crippen molar-refractivity contribution in [2.75, 3.05) is 13.1 Å². The number of carbonyl (C=O) groups is 1. The molecular formula is C22H27NO. The van der Waals surface area contributed by atoms with Crippen LogP contribution in [-0.2, 0) is 11.2 Å². The average Bonchev–Trinajstić information content (AvgIpc) is 2.71. The van der Waals surface area contributed by atoms with Gasteiger partial charge in [-0.1, -0.05) is 63.2 Å². The van der Waals surface area contributed by atoms with Crippen molar-refractivity contribution < 1.29 is 4.79 Å². The molecule has 24 heavy (non-hydrogen) atoms. The normalized spacial score (nSPS) is 28.3. The van der Waals surface area contributed by atoms with Gasteiger partial charge in [-0.15, -0.1) is 0 Å². The van der Waals surface area contributed by atoms with Crippen LogP contribution in [0.1, 0.15) is 39.2 Å². The molecule has 2 aromatic carbocycles. The highest BCUT2D eigenvalue weighted by molar-refractivity contribution is 5.90. The van der Waals surface area contributed by atoms with E-state index >= 15 is 0 Å². The summed E-state index contributed by atoms with van der Waals surface area (Å²) in [6.07, 6.45) is 3.04. The van der Waals surface area contributed by atoms with Gasteiger partial charge in [0.15, 0.2) is 0 Å². The number of amides is 1. The van der Waals surface area contributed by atoms with Crippen LogP contribution < -0.4 is 0 Å². The highest BCUT2D eigenvalue weighted by Gasteiger charge is 2.55. The van der Waals surface area contributed by atoms with Crippen molar-refractivity contribution in [1.82, 2.24) is 4.90 Å². The van der Waals surface area contributed by atoms with Crippen LogP contribution in [0.15, 0.2) is 42.5 Å². The van der Waals surface area contributed by atoms with E-state index in [2.05, 4.69) is 68.1 Å². The minimum Gasteiger partial charge on any atom is -0.342 e. The smallest absolute Gasteiger partial charge is 0.227 e. The van der Waals surface area contributed by atoms with Gasteiger partial charge < -0.3 is 4.90 Å². The molecule has 2 heteroatoms. The van der Waals surface area contributed by atoms with Crippen LogP contribution in [-0.4, -0.2) is 23.9 Å². The predicted molar refractivity (Wildman–Crippen MR) is 98.8 cm³/mol. The molecule has 2 atom stereocenters. The molecule has 1 unspecified atom stereocenters. The summed E-state index contributed by atoms with van der Waals surface area (Å²) in [4.78, 5) is 15.2. The molecule has 1 saturated heterocycles. The maximum atomic E-state index is 13.0. The van der Waals surface area contributed by atoms with E-state index in [4.69, 9.17) is 0 Å². The number of benzene rings is 2. The summed E-state index contributed by atoms with van der Waals surface area (Å²) < 4.78 is 0. The van der Waals surface area contributed by atoms with Crippen LogP contribution in [0.4, 0.5) is 0 Å². The summed E-state index contributed by atoms with van der Waals surface area (Å²) in [7, 11) is 0. The largest absolute Gasteiger partial charge is 0.342 e. The van der Waals surface area contributed by atoms with Crippen molar-refractivity contribution in [2.45, 2.75) is 40.0 Å². The molecule has 0 spiro atoms. The third kappa shape index (κ3) is 2.27. The van der Waals surface area contributed by atoms with Gasteiger partial charge in [-0.25, -0.2) is 0 Å². The molecule has 1 aliphatic carbocycles. The van der Waals surface area contributed by atoms with Gasteiger partial charge in [-0.3, -0.25) is 4.79 Å². The van der Waals surface area contributed by atoms with Crippen LogP contribution >= 0.6 is 0 Å². The van der Waals surface area contributed by atoms with E-state index in [1.165, 1.54) is 23.6 Å². The van der Waals surface area contributed by atoms with Gasteiger partial charge in [0.25, 0.3) is 0 Å². The Kier molecular flexibility index (Phi) is 3.49. The van der Waals surface area contributed by atoms with Crippen molar-refractivity contribution in [3.63, 3.8) is 0 Å². The summed E-state index contributed by atoms with van der Waals surface area (Å²) >= 11 is 0. The fraction of sp³-hybridized carbons (Fsp3) is 0.500. The fourth-order valence-electron chi connectivity index (χ4n) is 4.93. The van der Waals surface area contributed by atoms with Crippen LogP contribution in [0, 0.1) is 16.7 Å². The van der Waals surface area contributed by atoms with E-state index in [9.17, 15) is 4.79 Å². The van der Waals surface area contributed by atoms with Gasteiger partial charge in [-0.05, 0) is 45.9 Å². The Balaban J connectivity index is 1.57. The number of hydrogen-bond acceptors (Lipinski definition) is 1. The van der Waals surface area contributed by atoms with E-state index in [1.54, 1.807) is 0 Å². The van der Waals surface area contributed by atoms with E-state index in [1.807, 2.05) is 0 Å². The minimum atomic E-state index is 0.268. The van der Waals surface area contributed by atoms with Crippen LogP contribution in [0.3, 0.4) is 0 Å². The minimum absolute atomic E-state index is 0.268. The maximum absolute atomic E-state index is 13.0. The molecule has 2 nitrogen and oxygen atoms in total. The lowest BCUT2D eigenvalue weighted by Gasteiger charge is -2.50. The maximum Gasteiger partial charge on any atom is 0.227 e. The van der Waals surface area contributed by atoms with E-state index in [-0.39, 0.29) is 5.41 Å². The van der Waals surface area contributed by atoms with Gasteiger partial charge in [0.1, 0.15) is 0 Å². The number of rotatable bonds is 2.